The van der Waals surface area contributed by atoms with Crippen LogP contribution in [-0.4, -0.2) is 16.7 Å². The quantitative estimate of drug-likeness (QED) is 0.785. The Morgan fingerprint density at radius 2 is 2.20 bits per heavy atom. The summed E-state index contributed by atoms with van der Waals surface area (Å²) in [5.41, 5.74) is 0. The number of nitrogens with one attached hydrogen (secondary N) is 1. The SMILES string of the molecule is CC(=O)CCC(=O)NCc1ncc(C)o1. The highest BCUT2D eigenvalue weighted by molar-refractivity contribution is 5.83. The number of carbonyl (C=O) groups is 2. The molecule has 0 aliphatic heterocycles. The third-order valence-electron chi connectivity index (χ3n) is 1.81. The van der Waals surface area contributed by atoms with Crippen molar-refractivity contribution < 1.29 is 14.0 Å². The largest absolute Gasteiger partial charge is 0.444 e. The summed E-state index contributed by atoms with van der Waals surface area (Å²) in [4.78, 5) is 25.7. The second-order valence-corrected chi connectivity index (χ2v) is 3.34. The van der Waals surface area contributed by atoms with E-state index in [1.54, 1.807) is 13.1 Å². The summed E-state index contributed by atoms with van der Waals surface area (Å²) in [5.74, 6) is 1.03. The first-order valence-corrected chi connectivity index (χ1v) is 4.75. The Bertz CT molecular complexity index is 357. The number of oxazole rings is 1. The van der Waals surface area contributed by atoms with E-state index < -0.39 is 0 Å². The van der Waals surface area contributed by atoms with Crippen molar-refractivity contribution in [3.63, 3.8) is 0 Å². The van der Waals surface area contributed by atoms with Gasteiger partial charge in [0.05, 0.1) is 12.7 Å². The lowest BCUT2D eigenvalue weighted by Crippen LogP contribution is -2.23. The van der Waals surface area contributed by atoms with E-state index in [9.17, 15) is 9.59 Å². The maximum atomic E-state index is 11.2. The van der Waals surface area contributed by atoms with E-state index in [-0.39, 0.29) is 31.1 Å². The Balaban J connectivity index is 2.25. The number of Topliss-reactive ketones (excluding diaryl/α,β-unsaturated/α-hetero) is 1. The van der Waals surface area contributed by atoms with E-state index in [0.29, 0.717) is 11.7 Å². The molecule has 1 aromatic rings. The maximum Gasteiger partial charge on any atom is 0.220 e. The fourth-order valence-corrected chi connectivity index (χ4v) is 1.04. The van der Waals surface area contributed by atoms with Crippen LogP contribution in [0.15, 0.2) is 10.6 Å². The number of amides is 1. The van der Waals surface area contributed by atoms with Crippen molar-refractivity contribution in [2.45, 2.75) is 33.2 Å². The molecule has 1 aromatic heterocycles. The number of aryl methyl sites for hydroxylation is 1. The van der Waals surface area contributed by atoms with Crippen LogP contribution in [0.25, 0.3) is 0 Å². The highest BCUT2D eigenvalue weighted by Crippen LogP contribution is 2.00. The van der Waals surface area contributed by atoms with E-state index in [1.165, 1.54) is 6.92 Å². The van der Waals surface area contributed by atoms with Crippen molar-refractivity contribution in [2.24, 2.45) is 0 Å². The van der Waals surface area contributed by atoms with Crippen LogP contribution in [0.1, 0.15) is 31.4 Å². The van der Waals surface area contributed by atoms with Crippen molar-refractivity contribution in [3.8, 4) is 0 Å². The smallest absolute Gasteiger partial charge is 0.220 e. The zero-order valence-corrected chi connectivity index (χ0v) is 8.87. The van der Waals surface area contributed by atoms with Gasteiger partial charge in [-0.25, -0.2) is 4.98 Å². The van der Waals surface area contributed by atoms with Crippen LogP contribution >= 0.6 is 0 Å². The lowest BCUT2D eigenvalue weighted by Gasteiger charge is -2.00. The van der Waals surface area contributed by atoms with Crippen molar-refractivity contribution in [1.82, 2.24) is 10.3 Å². The Kier molecular flexibility index (Phi) is 4.03. The summed E-state index contributed by atoms with van der Waals surface area (Å²) in [6, 6.07) is 0. The Hall–Kier alpha value is -1.65. The van der Waals surface area contributed by atoms with Crippen LogP contribution in [0, 0.1) is 6.92 Å². The number of hydrogen-bond acceptors (Lipinski definition) is 4. The third kappa shape index (κ3) is 4.39. The van der Waals surface area contributed by atoms with E-state index >= 15 is 0 Å². The number of hydrogen-bond donors (Lipinski definition) is 1. The van der Waals surface area contributed by atoms with Gasteiger partial charge in [0.1, 0.15) is 11.5 Å². The number of nitrogens with zero attached hydrogens (tertiary/aromatic N) is 1. The first-order valence-electron chi connectivity index (χ1n) is 4.75. The molecule has 0 fully saturated rings. The molecule has 0 spiro atoms. The highest BCUT2D eigenvalue weighted by Gasteiger charge is 2.05. The fourth-order valence-electron chi connectivity index (χ4n) is 1.04. The minimum atomic E-state index is -0.166. The molecule has 0 atom stereocenters. The zero-order valence-electron chi connectivity index (χ0n) is 8.87. The van der Waals surface area contributed by atoms with Gasteiger partial charge in [0.2, 0.25) is 11.8 Å². The molecule has 1 N–H and O–H groups in total. The number of rotatable bonds is 5. The molecule has 0 aliphatic carbocycles. The lowest BCUT2D eigenvalue weighted by atomic mass is 10.2. The topological polar surface area (TPSA) is 72.2 Å². The van der Waals surface area contributed by atoms with Crippen LogP contribution in [0.4, 0.5) is 0 Å². The van der Waals surface area contributed by atoms with Gasteiger partial charge in [-0.1, -0.05) is 0 Å². The molecule has 0 bridgehead atoms. The lowest BCUT2D eigenvalue weighted by molar-refractivity contribution is -0.124. The van der Waals surface area contributed by atoms with Gasteiger partial charge < -0.3 is 14.5 Å². The predicted molar refractivity (Wildman–Crippen MR) is 53.0 cm³/mol. The maximum absolute atomic E-state index is 11.2. The molecule has 15 heavy (non-hydrogen) atoms. The Labute approximate surface area is 87.9 Å². The predicted octanol–water partition coefficient (Wildman–Crippen LogP) is 0.968. The third-order valence-corrected chi connectivity index (χ3v) is 1.81. The molecule has 5 nitrogen and oxygen atoms in total. The second kappa shape index (κ2) is 5.29. The molecule has 0 aromatic carbocycles. The first kappa shape index (κ1) is 11.4. The molecular formula is C10H14N2O3. The molecular weight excluding hydrogens is 196 g/mol. The Morgan fingerprint density at radius 1 is 1.47 bits per heavy atom. The molecule has 0 saturated carbocycles. The van der Waals surface area contributed by atoms with Gasteiger partial charge >= 0.3 is 0 Å². The molecule has 0 aliphatic rings. The molecule has 1 heterocycles. The molecule has 1 amide bonds. The first-order chi connectivity index (χ1) is 7.08. The minimum absolute atomic E-state index is 0.0112. The highest BCUT2D eigenvalue weighted by atomic mass is 16.4. The number of carbonyl (C=O) groups excluding carboxylic acids is 2. The normalized spacial score (nSPS) is 10.0. The van der Waals surface area contributed by atoms with E-state index in [0.717, 1.165) is 0 Å². The monoisotopic (exact) mass is 210 g/mol. The van der Waals surface area contributed by atoms with Gasteiger partial charge in [-0.05, 0) is 13.8 Å². The van der Waals surface area contributed by atoms with Crippen LogP contribution in [0.2, 0.25) is 0 Å². The molecule has 1 rings (SSSR count). The number of aromatic nitrogens is 1. The van der Waals surface area contributed by atoms with Crippen LogP contribution < -0.4 is 5.32 Å². The van der Waals surface area contributed by atoms with E-state index in [1.807, 2.05) is 0 Å². The minimum Gasteiger partial charge on any atom is -0.444 e. The van der Waals surface area contributed by atoms with E-state index in [4.69, 9.17) is 4.42 Å². The van der Waals surface area contributed by atoms with Crippen molar-refractivity contribution in [2.75, 3.05) is 0 Å². The zero-order chi connectivity index (χ0) is 11.3. The van der Waals surface area contributed by atoms with E-state index in [2.05, 4.69) is 10.3 Å². The standard InChI is InChI=1S/C10H14N2O3/c1-7(13)3-4-9(14)11-6-10-12-5-8(2)15-10/h5H,3-4,6H2,1-2H3,(H,11,14). The molecule has 82 valence electrons. The summed E-state index contributed by atoms with van der Waals surface area (Å²) in [6.07, 6.45) is 2.09. The van der Waals surface area contributed by atoms with Gasteiger partial charge in [0.15, 0.2) is 0 Å². The summed E-state index contributed by atoms with van der Waals surface area (Å²) >= 11 is 0. The van der Waals surface area contributed by atoms with Crippen LogP contribution in [0.3, 0.4) is 0 Å². The molecule has 5 heteroatoms. The summed E-state index contributed by atoms with van der Waals surface area (Å²) < 4.78 is 5.17. The van der Waals surface area contributed by atoms with Gasteiger partial charge in [-0.15, -0.1) is 0 Å². The van der Waals surface area contributed by atoms with Gasteiger partial charge in [0.25, 0.3) is 0 Å². The van der Waals surface area contributed by atoms with Crippen molar-refractivity contribution in [3.05, 3.63) is 17.8 Å². The van der Waals surface area contributed by atoms with Crippen LogP contribution in [0.5, 0.6) is 0 Å². The molecule has 0 saturated heterocycles. The summed E-state index contributed by atoms with van der Waals surface area (Å²) in [7, 11) is 0. The average Bonchev–Trinajstić information content (AvgIpc) is 2.58. The van der Waals surface area contributed by atoms with Gasteiger partial charge in [-0.3, -0.25) is 4.79 Å². The van der Waals surface area contributed by atoms with Crippen LogP contribution in [-0.2, 0) is 16.1 Å². The Morgan fingerprint density at radius 3 is 2.73 bits per heavy atom. The summed E-state index contributed by atoms with van der Waals surface area (Å²) in [5, 5.41) is 2.62. The average molecular weight is 210 g/mol. The van der Waals surface area contributed by atoms with Crippen molar-refractivity contribution >= 4 is 11.7 Å². The second-order valence-electron chi connectivity index (χ2n) is 3.34. The fraction of sp³-hybridized carbons (Fsp3) is 0.500. The molecule has 0 radical (unpaired) electrons. The summed E-state index contributed by atoms with van der Waals surface area (Å²) in [6.45, 7) is 3.52. The molecule has 0 unspecified atom stereocenters. The van der Waals surface area contributed by atoms with Gasteiger partial charge in [0, 0.05) is 12.8 Å². The van der Waals surface area contributed by atoms with Crippen molar-refractivity contribution in [1.29, 1.82) is 0 Å². The number of ketones is 1. The van der Waals surface area contributed by atoms with Gasteiger partial charge in [-0.2, -0.15) is 0 Å².